The summed E-state index contributed by atoms with van der Waals surface area (Å²) in [5.74, 6) is 0.338. The van der Waals surface area contributed by atoms with Gasteiger partial charge in [0.1, 0.15) is 0 Å². The number of nitrogens with zero attached hydrogens (tertiary/aromatic N) is 3. The van der Waals surface area contributed by atoms with Crippen LogP contribution in [0.2, 0.25) is 0 Å². The molecule has 0 bridgehead atoms. The molecule has 0 aliphatic carbocycles. The highest BCUT2D eigenvalue weighted by Crippen LogP contribution is 2.28. The Kier molecular flexibility index (Phi) is 6.98. The van der Waals surface area contributed by atoms with Crippen molar-refractivity contribution in [1.29, 1.82) is 0 Å². The van der Waals surface area contributed by atoms with Gasteiger partial charge in [-0.1, -0.05) is 31.9 Å². The van der Waals surface area contributed by atoms with Crippen molar-refractivity contribution in [3.8, 4) is 0 Å². The number of anilines is 3. The number of para-hydroxylation sites is 2. The molecule has 27 heavy (non-hydrogen) atoms. The average Bonchev–Trinajstić information content (AvgIpc) is 2.73. The molecule has 1 amide bonds. The van der Waals surface area contributed by atoms with Crippen molar-refractivity contribution in [2.24, 2.45) is 0 Å². The standard InChI is InChI=1S/C20H27N5O2/c1-2-3-6-9-21-19(26)16-14-22-20(23-15-16)24-17-7-4-5-8-18(17)25-10-12-27-13-11-25/h4-5,7-8,14-15H,2-3,6,9-13H2,1H3,(H,21,26)(H,22,23,24). The predicted octanol–water partition coefficient (Wildman–Crippen LogP) is 2.98. The maximum Gasteiger partial charge on any atom is 0.254 e. The molecule has 2 N–H and O–H groups in total. The van der Waals surface area contributed by atoms with Crippen LogP contribution >= 0.6 is 0 Å². The molecule has 3 rings (SSSR count). The molecule has 7 heteroatoms. The number of unbranched alkanes of at least 4 members (excludes halogenated alkanes) is 2. The summed E-state index contributed by atoms with van der Waals surface area (Å²) in [5.41, 5.74) is 2.51. The number of nitrogens with one attached hydrogen (secondary N) is 2. The number of benzene rings is 1. The van der Waals surface area contributed by atoms with Crippen LogP contribution in [0, 0.1) is 0 Å². The number of rotatable bonds is 8. The van der Waals surface area contributed by atoms with Gasteiger partial charge in [0.2, 0.25) is 5.95 Å². The monoisotopic (exact) mass is 369 g/mol. The molecule has 7 nitrogen and oxygen atoms in total. The van der Waals surface area contributed by atoms with Crippen molar-refractivity contribution >= 4 is 23.2 Å². The minimum absolute atomic E-state index is 0.133. The Bertz CT molecular complexity index is 729. The van der Waals surface area contributed by atoms with Gasteiger partial charge in [-0.3, -0.25) is 4.79 Å². The zero-order valence-corrected chi connectivity index (χ0v) is 15.8. The lowest BCUT2D eigenvalue weighted by atomic mass is 10.2. The predicted molar refractivity (Wildman–Crippen MR) is 107 cm³/mol. The summed E-state index contributed by atoms with van der Waals surface area (Å²) >= 11 is 0. The lowest BCUT2D eigenvalue weighted by molar-refractivity contribution is 0.0952. The third-order valence-electron chi connectivity index (χ3n) is 4.48. The SMILES string of the molecule is CCCCCNC(=O)c1cnc(Nc2ccccc2N2CCOCC2)nc1. The summed E-state index contributed by atoms with van der Waals surface area (Å²) < 4.78 is 5.43. The van der Waals surface area contributed by atoms with E-state index in [-0.39, 0.29) is 5.91 Å². The van der Waals surface area contributed by atoms with Gasteiger partial charge in [-0.15, -0.1) is 0 Å². The Labute approximate surface area is 160 Å². The first-order chi connectivity index (χ1) is 13.3. The van der Waals surface area contributed by atoms with Crippen LogP contribution in [0.4, 0.5) is 17.3 Å². The van der Waals surface area contributed by atoms with Gasteiger partial charge in [0, 0.05) is 32.0 Å². The van der Waals surface area contributed by atoms with Crippen molar-refractivity contribution in [1.82, 2.24) is 15.3 Å². The van der Waals surface area contributed by atoms with E-state index in [1.54, 1.807) is 12.4 Å². The molecule has 0 unspecified atom stereocenters. The van der Waals surface area contributed by atoms with E-state index in [4.69, 9.17) is 4.74 Å². The summed E-state index contributed by atoms with van der Waals surface area (Å²) in [6.07, 6.45) is 6.35. The second-order valence-corrected chi connectivity index (χ2v) is 6.50. The Morgan fingerprint density at radius 1 is 1.15 bits per heavy atom. The Balaban J connectivity index is 1.62. The summed E-state index contributed by atoms with van der Waals surface area (Å²) in [4.78, 5) is 23.0. The summed E-state index contributed by atoms with van der Waals surface area (Å²) in [7, 11) is 0. The number of morpholine rings is 1. The van der Waals surface area contributed by atoms with E-state index in [1.807, 2.05) is 18.2 Å². The van der Waals surface area contributed by atoms with Crippen LogP contribution in [-0.2, 0) is 4.74 Å². The minimum Gasteiger partial charge on any atom is -0.378 e. The molecule has 2 aromatic rings. The van der Waals surface area contributed by atoms with Crippen LogP contribution in [0.1, 0.15) is 36.5 Å². The van der Waals surface area contributed by atoms with E-state index in [2.05, 4.69) is 38.5 Å². The van der Waals surface area contributed by atoms with Gasteiger partial charge in [-0.25, -0.2) is 9.97 Å². The van der Waals surface area contributed by atoms with Crippen LogP contribution in [0.15, 0.2) is 36.7 Å². The molecule has 0 spiro atoms. The smallest absolute Gasteiger partial charge is 0.254 e. The molecular weight excluding hydrogens is 342 g/mol. The highest BCUT2D eigenvalue weighted by atomic mass is 16.5. The molecule has 1 aliphatic rings. The number of hydrogen-bond acceptors (Lipinski definition) is 6. The highest BCUT2D eigenvalue weighted by molar-refractivity contribution is 5.93. The van der Waals surface area contributed by atoms with Gasteiger partial charge in [-0.2, -0.15) is 0 Å². The van der Waals surface area contributed by atoms with Gasteiger partial charge >= 0.3 is 0 Å². The van der Waals surface area contributed by atoms with Crippen molar-refractivity contribution in [3.05, 3.63) is 42.2 Å². The third kappa shape index (κ3) is 5.40. The van der Waals surface area contributed by atoms with Crippen LogP contribution in [-0.4, -0.2) is 48.7 Å². The summed E-state index contributed by atoms with van der Waals surface area (Å²) in [5, 5.41) is 6.16. The van der Waals surface area contributed by atoms with Crippen molar-refractivity contribution in [3.63, 3.8) is 0 Å². The first-order valence-electron chi connectivity index (χ1n) is 9.57. The lowest BCUT2D eigenvalue weighted by Gasteiger charge is -2.30. The highest BCUT2D eigenvalue weighted by Gasteiger charge is 2.15. The molecule has 1 saturated heterocycles. The minimum atomic E-state index is -0.133. The molecule has 1 aromatic heterocycles. The third-order valence-corrected chi connectivity index (χ3v) is 4.48. The number of carbonyl (C=O) groups is 1. The molecule has 0 radical (unpaired) electrons. The Hall–Kier alpha value is -2.67. The fraction of sp³-hybridized carbons (Fsp3) is 0.450. The average molecular weight is 369 g/mol. The Morgan fingerprint density at radius 3 is 2.63 bits per heavy atom. The van der Waals surface area contributed by atoms with Crippen molar-refractivity contribution in [2.75, 3.05) is 43.1 Å². The van der Waals surface area contributed by atoms with Crippen LogP contribution in [0.25, 0.3) is 0 Å². The molecule has 1 aliphatic heterocycles. The van der Waals surface area contributed by atoms with Gasteiger partial charge in [-0.05, 0) is 18.6 Å². The quantitative estimate of drug-likeness (QED) is 0.697. The van der Waals surface area contributed by atoms with E-state index in [1.165, 1.54) is 0 Å². The number of carbonyl (C=O) groups excluding carboxylic acids is 1. The van der Waals surface area contributed by atoms with Crippen molar-refractivity contribution in [2.45, 2.75) is 26.2 Å². The fourth-order valence-corrected chi connectivity index (χ4v) is 2.97. The zero-order chi connectivity index (χ0) is 18.9. The number of aromatic nitrogens is 2. The molecule has 0 atom stereocenters. The summed E-state index contributed by atoms with van der Waals surface area (Å²) in [6.45, 7) is 5.99. The lowest BCUT2D eigenvalue weighted by Crippen LogP contribution is -2.36. The number of ether oxygens (including phenoxy) is 1. The normalized spacial score (nSPS) is 14.0. The second-order valence-electron chi connectivity index (χ2n) is 6.50. The maximum atomic E-state index is 12.1. The van der Waals surface area contributed by atoms with Gasteiger partial charge in [0.05, 0.1) is 30.2 Å². The number of hydrogen-bond donors (Lipinski definition) is 2. The van der Waals surface area contributed by atoms with E-state index in [9.17, 15) is 4.79 Å². The first-order valence-corrected chi connectivity index (χ1v) is 9.57. The van der Waals surface area contributed by atoms with Crippen LogP contribution in [0.5, 0.6) is 0 Å². The topological polar surface area (TPSA) is 79.4 Å². The van der Waals surface area contributed by atoms with E-state index >= 15 is 0 Å². The van der Waals surface area contributed by atoms with Gasteiger partial charge in [0.25, 0.3) is 5.91 Å². The second kappa shape index (κ2) is 9.87. The van der Waals surface area contributed by atoms with Crippen molar-refractivity contribution < 1.29 is 9.53 Å². The zero-order valence-electron chi connectivity index (χ0n) is 15.8. The van der Waals surface area contributed by atoms with Gasteiger partial charge in [0.15, 0.2) is 0 Å². The first kappa shape index (κ1) is 19.1. The van der Waals surface area contributed by atoms with E-state index < -0.39 is 0 Å². The number of amides is 1. The molecule has 1 fully saturated rings. The molecular formula is C20H27N5O2. The molecule has 1 aromatic carbocycles. The van der Waals surface area contributed by atoms with Gasteiger partial charge < -0.3 is 20.3 Å². The van der Waals surface area contributed by atoms with E-state index in [0.29, 0.717) is 18.1 Å². The molecule has 144 valence electrons. The van der Waals surface area contributed by atoms with Crippen LogP contribution < -0.4 is 15.5 Å². The fourth-order valence-electron chi connectivity index (χ4n) is 2.97. The maximum absolute atomic E-state index is 12.1. The van der Waals surface area contributed by atoms with E-state index in [0.717, 1.165) is 56.9 Å². The van der Waals surface area contributed by atoms with Crippen LogP contribution in [0.3, 0.4) is 0 Å². The summed E-state index contributed by atoms with van der Waals surface area (Å²) in [6, 6.07) is 8.07. The molecule has 0 saturated carbocycles. The Morgan fingerprint density at radius 2 is 1.89 bits per heavy atom. The largest absolute Gasteiger partial charge is 0.378 e. The molecule has 2 heterocycles.